The second-order valence-corrected chi connectivity index (χ2v) is 8.69. The lowest BCUT2D eigenvalue weighted by Gasteiger charge is -2.08. The number of aromatic nitrogens is 3. The number of sulfone groups is 1. The predicted octanol–water partition coefficient (Wildman–Crippen LogP) is 4.56. The van der Waals surface area contributed by atoms with Crippen LogP contribution in [0.1, 0.15) is 11.1 Å². The van der Waals surface area contributed by atoms with E-state index in [9.17, 15) is 12.8 Å². The molecule has 0 atom stereocenters. The minimum atomic E-state index is -3.71. The zero-order valence-corrected chi connectivity index (χ0v) is 16.4. The van der Waals surface area contributed by atoms with E-state index in [2.05, 4.69) is 15.2 Å². The Hall–Kier alpha value is -3.32. The van der Waals surface area contributed by atoms with Gasteiger partial charge >= 0.3 is 0 Å². The first-order valence-electron chi connectivity index (χ1n) is 8.97. The maximum Gasteiger partial charge on any atom is 0.199 e. The first-order chi connectivity index (χ1) is 13.9. The number of benzene rings is 2. The van der Waals surface area contributed by atoms with Gasteiger partial charge in [0, 0.05) is 23.5 Å². The molecule has 0 bridgehead atoms. The van der Waals surface area contributed by atoms with Crippen molar-refractivity contribution in [3.63, 3.8) is 0 Å². The molecule has 0 radical (unpaired) electrons. The SMILES string of the molecule is Cc1ccc(CS(=O)(=O)c2[nH]nc(-c3ccc(F)cc3)c2-c2ccncc2)cc1. The number of nitrogens with zero attached hydrogens (tertiary/aromatic N) is 2. The largest absolute Gasteiger partial charge is 0.266 e. The highest BCUT2D eigenvalue weighted by Gasteiger charge is 2.26. The summed E-state index contributed by atoms with van der Waals surface area (Å²) in [5.74, 6) is -0.530. The fourth-order valence-electron chi connectivity index (χ4n) is 3.13. The van der Waals surface area contributed by atoms with Crippen LogP contribution < -0.4 is 0 Å². The molecule has 0 aliphatic carbocycles. The molecular weight excluding hydrogens is 389 g/mol. The lowest BCUT2D eigenvalue weighted by atomic mass is 10.0. The number of hydrogen-bond donors (Lipinski definition) is 1. The van der Waals surface area contributed by atoms with Crippen molar-refractivity contribution in [3.8, 4) is 22.4 Å². The Labute approximate surface area is 168 Å². The Morgan fingerprint density at radius 2 is 1.55 bits per heavy atom. The molecule has 0 spiro atoms. The lowest BCUT2D eigenvalue weighted by molar-refractivity contribution is 0.591. The summed E-state index contributed by atoms with van der Waals surface area (Å²) in [6.45, 7) is 1.95. The zero-order chi connectivity index (χ0) is 20.4. The standard InChI is InChI=1S/C22H18FN3O2S/c1-15-2-4-16(5-3-15)14-29(27,28)22-20(17-10-12-24-13-11-17)21(25-26-22)18-6-8-19(23)9-7-18/h2-13H,14H2,1H3,(H,25,26). The Kier molecular flexibility index (Phi) is 4.98. The van der Waals surface area contributed by atoms with Gasteiger partial charge in [0.05, 0.1) is 5.75 Å². The average Bonchev–Trinajstić information content (AvgIpc) is 3.17. The molecule has 1 N–H and O–H groups in total. The Balaban J connectivity index is 1.85. The van der Waals surface area contributed by atoms with Gasteiger partial charge in [0.25, 0.3) is 0 Å². The molecule has 7 heteroatoms. The van der Waals surface area contributed by atoms with E-state index in [1.54, 1.807) is 48.8 Å². The maximum atomic E-state index is 13.4. The summed E-state index contributed by atoms with van der Waals surface area (Å²) in [6, 6.07) is 16.6. The topological polar surface area (TPSA) is 75.7 Å². The molecule has 2 heterocycles. The summed E-state index contributed by atoms with van der Waals surface area (Å²) in [6.07, 6.45) is 3.18. The second kappa shape index (κ2) is 7.60. The van der Waals surface area contributed by atoms with Crippen molar-refractivity contribution in [2.75, 3.05) is 0 Å². The molecule has 0 saturated heterocycles. The Morgan fingerprint density at radius 3 is 2.21 bits per heavy atom. The summed E-state index contributed by atoms with van der Waals surface area (Å²) >= 11 is 0. The number of hydrogen-bond acceptors (Lipinski definition) is 4. The minimum absolute atomic E-state index is 0.0311. The molecule has 2 aromatic heterocycles. The van der Waals surface area contributed by atoms with Crippen molar-refractivity contribution >= 4 is 9.84 Å². The van der Waals surface area contributed by atoms with Crippen molar-refractivity contribution < 1.29 is 12.8 Å². The number of aromatic amines is 1. The number of nitrogens with one attached hydrogen (secondary N) is 1. The third-order valence-electron chi connectivity index (χ3n) is 4.61. The second-order valence-electron chi connectivity index (χ2n) is 6.76. The van der Waals surface area contributed by atoms with E-state index < -0.39 is 9.84 Å². The predicted molar refractivity (Wildman–Crippen MR) is 109 cm³/mol. The van der Waals surface area contributed by atoms with Crippen LogP contribution in [0.4, 0.5) is 4.39 Å². The molecular formula is C22H18FN3O2S. The van der Waals surface area contributed by atoms with E-state index in [-0.39, 0.29) is 16.6 Å². The van der Waals surface area contributed by atoms with Gasteiger partial charge in [-0.2, -0.15) is 5.10 Å². The van der Waals surface area contributed by atoms with E-state index in [1.165, 1.54) is 12.1 Å². The molecule has 0 saturated carbocycles. The van der Waals surface area contributed by atoms with Crippen LogP contribution in [0.25, 0.3) is 22.4 Å². The van der Waals surface area contributed by atoms with Crippen LogP contribution in [0.5, 0.6) is 0 Å². The van der Waals surface area contributed by atoms with Gasteiger partial charge in [-0.1, -0.05) is 29.8 Å². The fraction of sp³-hybridized carbons (Fsp3) is 0.0909. The van der Waals surface area contributed by atoms with Gasteiger partial charge in [-0.25, -0.2) is 12.8 Å². The molecule has 5 nitrogen and oxygen atoms in total. The highest BCUT2D eigenvalue weighted by Crippen LogP contribution is 2.36. The number of halogens is 1. The first kappa shape index (κ1) is 19.0. The molecule has 2 aromatic carbocycles. The van der Waals surface area contributed by atoms with Gasteiger partial charge in [0.2, 0.25) is 0 Å². The van der Waals surface area contributed by atoms with E-state index in [0.29, 0.717) is 27.9 Å². The molecule has 0 aliphatic heterocycles. The van der Waals surface area contributed by atoms with Crippen LogP contribution in [0.15, 0.2) is 78.1 Å². The monoisotopic (exact) mass is 407 g/mol. The van der Waals surface area contributed by atoms with E-state index in [1.807, 2.05) is 19.1 Å². The van der Waals surface area contributed by atoms with Crippen LogP contribution in [-0.2, 0) is 15.6 Å². The smallest absolute Gasteiger partial charge is 0.199 e. The summed E-state index contributed by atoms with van der Waals surface area (Å²) in [5, 5.41) is 7.00. The quantitative estimate of drug-likeness (QED) is 0.526. The van der Waals surface area contributed by atoms with E-state index >= 15 is 0 Å². The maximum absolute atomic E-state index is 13.4. The van der Waals surface area contributed by atoms with Gasteiger partial charge in [-0.05, 0) is 54.4 Å². The van der Waals surface area contributed by atoms with Crippen LogP contribution in [-0.4, -0.2) is 23.6 Å². The van der Waals surface area contributed by atoms with E-state index in [4.69, 9.17) is 0 Å². The number of H-pyrrole nitrogens is 1. The summed E-state index contributed by atoms with van der Waals surface area (Å²) < 4.78 is 39.8. The highest BCUT2D eigenvalue weighted by atomic mass is 32.2. The molecule has 0 unspecified atom stereocenters. The number of pyridine rings is 1. The van der Waals surface area contributed by atoms with Crippen LogP contribution >= 0.6 is 0 Å². The van der Waals surface area contributed by atoms with Crippen molar-refractivity contribution in [3.05, 3.63) is 90.0 Å². The van der Waals surface area contributed by atoms with Crippen molar-refractivity contribution in [1.82, 2.24) is 15.2 Å². The number of rotatable bonds is 5. The minimum Gasteiger partial charge on any atom is -0.266 e. The van der Waals surface area contributed by atoms with Gasteiger partial charge < -0.3 is 0 Å². The van der Waals surface area contributed by atoms with Crippen molar-refractivity contribution in [1.29, 1.82) is 0 Å². The van der Waals surface area contributed by atoms with Gasteiger partial charge in [-0.3, -0.25) is 10.1 Å². The molecule has 0 aliphatic rings. The number of aryl methyl sites for hydroxylation is 1. The zero-order valence-electron chi connectivity index (χ0n) is 15.6. The Bertz CT molecular complexity index is 1230. The molecule has 4 rings (SSSR count). The van der Waals surface area contributed by atoms with Crippen molar-refractivity contribution in [2.45, 2.75) is 17.7 Å². The summed E-state index contributed by atoms with van der Waals surface area (Å²) in [5.41, 5.74) is 3.92. The molecule has 0 fully saturated rings. The molecule has 0 amide bonds. The fourth-order valence-corrected chi connectivity index (χ4v) is 4.62. The lowest BCUT2D eigenvalue weighted by Crippen LogP contribution is -2.07. The van der Waals surface area contributed by atoms with Crippen LogP contribution in [0, 0.1) is 12.7 Å². The molecule has 29 heavy (non-hydrogen) atoms. The molecule has 4 aromatic rings. The van der Waals surface area contributed by atoms with E-state index in [0.717, 1.165) is 5.56 Å². The summed E-state index contributed by atoms with van der Waals surface area (Å²) in [4.78, 5) is 4.01. The first-order valence-corrected chi connectivity index (χ1v) is 10.6. The van der Waals surface area contributed by atoms with Gasteiger partial charge in [0.15, 0.2) is 14.9 Å². The van der Waals surface area contributed by atoms with Gasteiger partial charge in [-0.15, -0.1) is 0 Å². The third-order valence-corrected chi connectivity index (χ3v) is 6.24. The van der Waals surface area contributed by atoms with Crippen LogP contribution in [0.2, 0.25) is 0 Å². The summed E-state index contributed by atoms with van der Waals surface area (Å²) in [7, 11) is -3.71. The highest BCUT2D eigenvalue weighted by molar-refractivity contribution is 7.90. The third kappa shape index (κ3) is 3.95. The molecule has 146 valence electrons. The van der Waals surface area contributed by atoms with Gasteiger partial charge in [0.1, 0.15) is 11.5 Å². The average molecular weight is 407 g/mol. The van der Waals surface area contributed by atoms with Crippen molar-refractivity contribution in [2.24, 2.45) is 0 Å². The Morgan fingerprint density at radius 1 is 0.897 bits per heavy atom. The normalized spacial score (nSPS) is 11.5. The van der Waals surface area contributed by atoms with Crippen LogP contribution in [0.3, 0.4) is 0 Å².